The van der Waals surface area contributed by atoms with Gasteiger partial charge in [-0.15, -0.1) is 12.2 Å². The van der Waals surface area contributed by atoms with E-state index in [2.05, 4.69) is 13.8 Å². The molecule has 1 nitrogen and oxygen atoms in total. The van der Waals surface area contributed by atoms with E-state index in [-0.39, 0.29) is 0 Å². The molecular weight excluding hydrogens is 528 g/mol. The highest BCUT2D eigenvalue weighted by atomic mass is 33.2. The summed E-state index contributed by atoms with van der Waals surface area (Å²) in [5.41, 5.74) is 0. The van der Waals surface area contributed by atoms with Crippen LogP contribution < -0.4 is 0 Å². The second kappa shape index (κ2) is 31.8. The molecule has 0 saturated heterocycles. The molecule has 1 atom stereocenters. The topological polar surface area (TPSA) is 9.23 Å². The molecule has 0 fully saturated rings. The van der Waals surface area contributed by atoms with E-state index in [1.165, 1.54) is 173 Å². The minimum absolute atomic E-state index is 0.810. The van der Waals surface area contributed by atoms with Gasteiger partial charge in [-0.3, -0.25) is 0 Å². The third kappa shape index (κ3) is 33.4. The fourth-order valence-electron chi connectivity index (χ4n) is 4.99. The Morgan fingerprint density at radius 3 is 1.05 bits per heavy atom. The minimum Gasteiger partial charge on any atom is -0.334 e. The maximum absolute atomic E-state index is 6.01. The molecule has 0 aliphatic rings. The summed E-state index contributed by atoms with van der Waals surface area (Å²) in [5, 5.41) is 0. The van der Waals surface area contributed by atoms with Gasteiger partial charge in [0.25, 0.3) is 0 Å². The Bertz CT molecular complexity index is 437. The standard InChI is InChI=1S/C32H67OPS3/c1-3-5-7-9-11-13-15-17-19-21-23-25-27-29-31-33-34(35,36)37-32-30-28-26-24-22-20-18-16-14-12-10-8-6-4-2/h3-32H2,1-2H3,(H,35,36). The maximum atomic E-state index is 6.01. The first-order valence-corrected chi connectivity index (χ1v) is 22.2. The molecule has 5 heteroatoms. The monoisotopic (exact) mass is 594 g/mol. The van der Waals surface area contributed by atoms with Crippen LogP contribution in [0.1, 0.15) is 194 Å². The van der Waals surface area contributed by atoms with Crippen LogP contribution in [0.25, 0.3) is 0 Å². The first kappa shape index (κ1) is 38.3. The molecule has 0 aliphatic heterocycles. The number of rotatable bonds is 32. The number of thiol groups is 1. The lowest BCUT2D eigenvalue weighted by molar-refractivity contribution is 0.347. The predicted molar refractivity (Wildman–Crippen MR) is 182 cm³/mol. The zero-order chi connectivity index (χ0) is 27.1. The molecule has 37 heavy (non-hydrogen) atoms. The van der Waals surface area contributed by atoms with Gasteiger partial charge in [-0.1, -0.05) is 192 Å². The van der Waals surface area contributed by atoms with Crippen molar-refractivity contribution in [1.29, 1.82) is 0 Å². The molecule has 224 valence electrons. The van der Waals surface area contributed by atoms with E-state index in [9.17, 15) is 0 Å². The van der Waals surface area contributed by atoms with E-state index in [0.717, 1.165) is 18.8 Å². The van der Waals surface area contributed by atoms with Crippen LogP contribution in [0.4, 0.5) is 0 Å². The van der Waals surface area contributed by atoms with Crippen molar-refractivity contribution in [3.63, 3.8) is 0 Å². The van der Waals surface area contributed by atoms with Crippen molar-refractivity contribution in [2.24, 2.45) is 0 Å². The summed E-state index contributed by atoms with van der Waals surface area (Å²) in [7, 11) is 0. The van der Waals surface area contributed by atoms with Gasteiger partial charge in [-0.05, 0) is 24.6 Å². The quantitative estimate of drug-likeness (QED) is 0.0471. The third-order valence-electron chi connectivity index (χ3n) is 7.50. The molecule has 0 N–H and O–H groups in total. The van der Waals surface area contributed by atoms with Gasteiger partial charge in [-0.25, -0.2) is 0 Å². The number of unbranched alkanes of at least 4 members (excludes halogenated alkanes) is 26. The lowest BCUT2D eigenvalue weighted by Crippen LogP contribution is -1.90. The summed E-state index contributed by atoms with van der Waals surface area (Å²) < 4.78 is 4.09. The molecule has 0 spiro atoms. The van der Waals surface area contributed by atoms with E-state index in [1.54, 1.807) is 0 Å². The van der Waals surface area contributed by atoms with Gasteiger partial charge < -0.3 is 4.52 Å². The average molecular weight is 595 g/mol. The van der Waals surface area contributed by atoms with Gasteiger partial charge in [0.1, 0.15) is 0 Å². The van der Waals surface area contributed by atoms with E-state index < -0.39 is 4.67 Å². The van der Waals surface area contributed by atoms with Crippen molar-refractivity contribution in [1.82, 2.24) is 0 Å². The van der Waals surface area contributed by atoms with Gasteiger partial charge >= 0.3 is 0 Å². The predicted octanol–water partition coefficient (Wildman–Crippen LogP) is 13.9. The lowest BCUT2D eigenvalue weighted by atomic mass is 10.0. The van der Waals surface area contributed by atoms with Crippen LogP contribution >= 0.6 is 28.3 Å². The molecule has 0 rings (SSSR count). The highest BCUT2D eigenvalue weighted by Gasteiger charge is 2.12. The van der Waals surface area contributed by atoms with Crippen molar-refractivity contribution >= 4 is 40.1 Å². The maximum Gasteiger partial charge on any atom is 0.171 e. The van der Waals surface area contributed by atoms with Crippen LogP contribution in [0.2, 0.25) is 0 Å². The largest absolute Gasteiger partial charge is 0.334 e. The zero-order valence-electron chi connectivity index (χ0n) is 25.3. The number of hydrogen-bond donors (Lipinski definition) is 1. The van der Waals surface area contributed by atoms with Crippen molar-refractivity contribution < 1.29 is 4.52 Å². The Morgan fingerprint density at radius 1 is 0.459 bits per heavy atom. The third-order valence-corrected chi connectivity index (χ3v) is 13.3. The van der Waals surface area contributed by atoms with E-state index in [4.69, 9.17) is 28.6 Å². The van der Waals surface area contributed by atoms with E-state index in [0.29, 0.717) is 0 Å². The Balaban J connectivity index is 3.28. The van der Waals surface area contributed by atoms with Gasteiger partial charge in [-0.2, -0.15) is 0 Å². The molecule has 0 aromatic rings. The highest BCUT2D eigenvalue weighted by Crippen LogP contribution is 2.64. The van der Waals surface area contributed by atoms with Gasteiger partial charge in [0.2, 0.25) is 0 Å². The normalized spacial score (nSPS) is 13.3. The van der Waals surface area contributed by atoms with Crippen LogP contribution in [-0.4, -0.2) is 12.4 Å². The molecule has 0 amide bonds. The fraction of sp³-hybridized carbons (Fsp3) is 1.00. The van der Waals surface area contributed by atoms with Crippen LogP contribution in [0, 0.1) is 0 Å². The Morgan fingerprint density at radius 2 is 0.730 bits per heavy atom. The molecule has 0 bridgehead atoms. The lowest BCUT2D eigenvalue weighted by Gasteiger charge is -2.15. The first-order chi connectivity index (χ1) is 18.1. The molecule has 0 saturated carbocycles. The first-order valence-electron chi connectivity index (χ1n) is 16.7. The van der Waals surface area contributed by atoms with Crippen LogP contribution in [0.15, 0.2) is 0 Å². The van der Waals surface area contributed by atoms with Crippen LogP contribution in [0.3, 0.4) is 0 Å². The van der Waals surface area contributed by atoms with E-state index >= 15 is 0 Å². The smallest absolute Gasteiger partial charge is 0.171 e. The van der Waals surface area contributed by atoms with Crippen LogP contribution in [-0.2, 0) is 16.3 Å². The number of hydrogen-bond acceptors (Lipinski definition) is 3. The Kier molecular flexibility index (Phi) is 33.0. The fourth-order valence-corrected chi connectivity index (χ4v) is 9.39. The van der Waals surface area contributed by atoms with E-state index in [1.807, 2.05) is 11.4 Å². The summed E-state index contributed by atoms with van der Waals surface area (Å²) in [4.78, 5) is 0. The summed E-state index contributed by atoms with van der Waals surface area (Å²) in [6.07, 6.45) is 39.2. The second-order valence-corrected chi connectivity index (χ2v) is 21.1. The van der Waals surface area contributed by atoms with Gasteiger partial charge in [0, 0.05) is 5.75 Å². The summed E-state index contributed by atoms with van der Waals surface area (Å²) in [5.74, 6) is 1.12. The Hall–Kier alpha value is 1.31. The molecule has 0 aromatic heterocycles. The minimum atomic E-state index is -1.92. The summed E-state index contributed by atoms with van der Waals surface area (Å²) >= 11 is 12.2. The zero-order valence-corrected chi connectivity index (χ0v) is 28.8. The molecule has 0 aliphatic carbocycles. The van der Waals surface area contributed by atoms with Gasteiger partial charge in [0.15, 0.2) is 4.67 Å². The van der Waals surface area contributed by atoms with Crippen molar-refractivity contribution in [3.05, 3.63) is 0 Å². The highest BCUT2D eigenvalue weighted by molar-refractivity contribution is 8.95. The van der Waals surface area contributed by atoms with Crippen molar-refractivity contribution in [2.75, 3.05) is 12.4 Å². The average Bonchev–Trinajstić information content (AvgIpc) is 2.88. The summed E-state index contributed by atoms with van der Waals surface area (Å²) in [6.45, 7) is 5.40. The molecule has 0 radical (unpaired) electrons. The second-order valence-electron chi connectivity index (χ2n) is 11.3. The molecule has 0 heterocycles. The molecule has 1 unspecified atom stereocenters. The molecular formula is C32H67OPS3. The SMILES string of the molecule is CCCCCCCCCCCCCCCCOP(=S)(S)SCCCCCCCCCCCCCCCC. The van der Waals surface area contributed by atoms with Crippen molar-refractivity contribution in [2.45, 2.75) is 194 Å². The van der Waals surface area contributed by atoms with Crippen LogP contribution in [0.5, 0.6) is 0 Å². The van der Waals surface area contributed by atoms with Crippen molar-refractivity contribution in [3.8, 4) is 0 Å². The van der Waals surface area contributed by atoms with Gasteiger partial charge in [0.05, 0.1) is 6.61 Å². The Labute approximate surface area is 249 Å². The molecule has 0 aromatic carbocycles. The summed E-state index contributed by atoms with van der Waals surface area (Å²) in [6, 6.07) is 0.